The molecule has 628 valence electrons. The second-order valence-corrected chi connectivity index (χ2v) is 34.6. The predicted molar refractivity (Wildman–Crippen MR) is 463 cm³/mol. The van der Waals surface area contributed by atoms with E-state index in [0.717, 1.165) is 32.5 Å². The number of alkyl halides is 2. The minimum absolute atomic E-state index is 0.00101. The Hall–Kier alpha value is -10.2. The molecule has 0 saturated heterocycles. The summed E-state index contributed by atoms with van der Waals surface area (Å²) in [5.74, 6) is -0.469. The number of hydrogen-bond acceptors (Lipinski definition) is 26. The number of ether oxygens (including phenoxy) is 7. The Labute approximate surface area is 723 Å². The number of nitrogens with two attached hydrogens (primary N) is 2. The van der Waals surface area contributed by atoms with Crippen LogP contribution in [0.15, 0.2) is 118 Å². The molecule has 4 heterocycles. The number of aliphatic hydroxyl groups is 1. The number of carboxylic acid groups (broad SMARTS) is 1. The first-order chi connectivity index (χ1) is 55.7. The Kier molecular flexibility index (Phi) is 40.1. The number of nitrogens with zero attached hydrogens (tertiary/aromatic N) is 8. The molecule has 0 radical (unpaired) electrons. The van der Waals surface area contributed by atoms with Crippen molar-refractivity contribution in [2.24, 2.45) is 0 Å². The number of carbonyl (C=O) groups is 6. The van der Waals surface area contributed by atoms with E-state index in [2.05, 4.69) is 47.4 Å². The number of carboxylic acids is 1. The first-order valence-electron chi connectivity index (χ1n) is 36.6. The molecule has 4 aromatic heterocycles. The number of thioether (sulfide) groups is 2. The van der Waals surface area contributed by atoms with Gasteiger partial charge in [0.2, 0.25) is 11.4 Å². The minimum Gasteiger partial charge on any atom is -0.491 e. The van der Waals surface area contributed by atoms with E-state index in [1.165, 1.54) is 46.2 Å². The van der Waals surface area contributed by atoms with Crippen molar-refractivity contribution in [3.8, 4) is 67.0 Å². The van der Waals surface area contributed by atoms with Gasteiger partial charge >= 0.3 is 36.1 Å². The summed E-state index contributed by atoms with van der Waals surface area (Å²) < 4.78 is 37.5. The van der Waals surface area contributed by atoms with E-state index in [4.69, 9.17) is 119 Å². The number of aliphatic carboxylic acids is 1. The summed E-state index contributed by atoms with van der Waals surface area (Å²) in [4.78, 5) is 97.2. The third kappa shape index (κ3) is 34.8. The lowest BCUT2D eigenvalue weighted by Crippen LogP contribution is -2.44. The summed E-state index contributed by atoms with van der Waals surface area (Å²) in [6.45, 7) is 36.3. The lowest BCUT2D eigenvalue weighted by molar-refractivity contribution is -0.156. The number of esters is 3. The molecule has 35 heteroatoms. The third-order valence-electron chi connectivity index (χ3n) is 15.1. The van der Waals surface area contributed by atoms with Crippen molar-refractivity contribution in [1.82, 2.24) is 30.6 Å². The average Bonchev–Trinajstić information content (AvgIpc) is 1.12. The molecular weight excluding hydrogens is 1680 g/mol. The maximum absolute atomic E-state index is 13.0. The SMILES string of the molecule is CC(C)(C)OC(=O)CCCC[C@H](NC(=O)OC(C)(C)C)C(=O)O.ClCCl.[C-]#[N+]c1c(N)nc(SCc2csc(-c3ccc(Cl)cc3)n2)c(C#N)c1-c1ccc(OCCO)cc1.[C-]#[N+]c1c(N)nc(SCc2csc(-c3ccc(Cl)cc3)n2)c(C#N)c1-c1ccc(OCCOC(=O)[C@H](CCCCC(=O)OC(C)(C)C)NC(=O)OC(C)(C)C)cc1. The summed E-state index contributed by atoms with van der Waals surface area (Å²) in [6, 6.07) is 31.0. The Morgan fingerprint density at radius 3 is 1.24 bits per heavy atom. The molecule has 4 aromatic carbocycles. The van der Waals surface area contributed by atoms with E-state index in [1.807, 2.05) is 59.3 Å². The predicted octanol–water partition coefficient (Wildman–Crippen LogP) is 20.0. The Morgan fingerprint density at radius 1 is 0.534 bits per heavy atom. The number of benzene rings is 4. The maximum atomic E-state index is 13.0. The molecule has 2 amide bonds. The number of thiazole rings is 2. The molecular formula is C83H94Cl4N12O15S4. The molecule has 0 spiro atoms. The molecule has 118 heavy (non-hydrogen) atoms. The molecule has 0 bridgehead atoms. The Morgan fingerprint density at radius 2 is 0.890 bits per heavy atom. The van der Waals surface area contributed by atoms with Crippen LogP contribution in [-0.4, -0.2) is 132 Å². The van der Waals surface area contributed by atoms with Gasteiger partial charge in [0.25, 0.3) is 0 Å². The molecule has 2 atom stereocenters. The first-order valence-corrected chi connectivity index (χ1v) is 42.2. The lowest BCUT2D eigenvalue weighted by Gasteiger charge is -2.23. The highest BCUT2D eigenvalue weighted by atomic mass is 35.5. The number of nitrogens with one attached hydrogen (secondary N) is 2. The summed E-state index contributed by atoms with van der Waals surface area (Å²) in [5, 5.41) is 51.1. The highest BCUT2D eigenvalue weighted by molar-refractivity contribution is 7.98. The molecule has 27 nitrogen and oxygen atoms in total. The van der Waals surface area contributed by atoms with Crippen LogP contribution in [0, 0.1) is 35.8 Å². The maximum Gasteiger partial charge on any atom is 0.408 e. The number of rotatable bonds is 31. The van der Waals surface area contributed by atoms with Crippen molar-refractivity contribution in [1.29, 1.82) is 10.5 Å². The highest BCUT2D eigenvalue weighted by Gasteiger charge is 2.29. The normalized spacial score (nSPS) is 11.5. The van der Waals surface area contributed by atoms with Crippen LogP contribution in [-0.2, 0) is 54.4 Å². The quantitative estimate of drug-likeness (QED) is 0.00587. The molecule has 0 fully saturated rings. The van der Waals surface area contributed by atoms with Gasteiger partial charge in [-0.15, -0.1) is 45.9 Å². The number of aliphatic hydroxyl groups excluding tert-OH is 1. The number of unbranched alkanes of at least 4 members (excludes halogenated alkanes) is 2. The van der Waals surface area contributed by atoms with Gasteiger partial charge in [0.15, 0.2) is 0 Å². The zero-order chi connectivity index (χ0) is 87.5. The Bertz CT molecular complexity index is 4850. The number of amides is 2. The van der Waals surface area contributed by atoms with Crippen LogP contribution in [0.3, 0.4) is 0 Å². The number of aromatic nitrogens is 4. The van der Waals surface area contributed by atoms with Crippen molar-refractivity contribution < 1.29 is 72.1 Å². The van der Waals surface area contributed by atoms with Crippen LogP contribution < -0.4 is 31.6 Å². The summed E-state index contributed by atoms with van der Waals surface area (Å²) >= 11 is 27.2. The molecule has 8 rings (SSSR count). The van der Waals surface area contributed by atoms with Gasteiger partial charge in [0.05, 0.1) is 47.6 Å². The average molecular weight is 1770 g/mol. The number of carbonyl (C=O) groups excluding carboxylic acids is 5. The molecule has 8 aromatic rings. The van der Waals surface area contributed by atoms with Crippen LogP contribution in [0.5, 0.6) is 11.5 Å². The van der Waals surface area contributed by atoms with Crippen molar-refractivity contribution in [3.63, 3.8) is 0 Å². The van der Waals surface area contributed by atoms with Gasteiger partial charge in [-0.3, -0.25) is 9.59 Å². The lowest BCUT2D eigenvalue weighted by atomic mass is 10.00. The third-order valence-corrected chi connectivity index (χ3v) is 19.5. The molecule has 0 aliphatic rings. The first kappa shape index (κ1) is 98.4. The summed E-state index contributed by atoms with van der Waals surface area (Å²) in [7, 11) is 0. The Balaban J connectivity index is 0.000000344. The van der Waals surface area contributed by atoms with Crippen molar-refractivity contribution in [3.05, 3.63) is 163 Å². The van der Waals surface area contributed by atoms with E-state index in [9.17, 15) is 39.3 Å². The van der Waals surface area contributed by atoms with Gasteiger partial charge in [-0.05, 0) is 168 Å². The van der Waals surface area contributed by atoms with E-state index in [1.54, 1.807) is 132 Å². The largest absolute Gasteiger partial charge is 0.491 e. The molecule has 0 saturated carbocycles. The van der Waals surface area contributed by atoms with Crippen molar-refractivity contribution >= 4 is 152 Å². The van der Waals surface area contributed by atoms with Crippen LogP contribution in [0.25, 0.3) is 53.1 Å². The molecule has 0 aliphatic heterocycles. The van der Waals surface area contributed by atoms with Crippen LogP contribution in [0.2, 0.25) is 10.0 Å². The second kappa shape index (κ2) is 48.0. The van der Waals surface area contributed by atoms with Crippen molar-refractivity contribution in [2.45, 2.75) is 190 Å². The van der Waals surface area contributed by atoms with Crippen molar-refractivity contribution in [2.75, 3.05) is 43.2 Å². The van der Waals surface area contributed by atoms with Gasteiger partial charge in [-0.1, -0.05) is 108 Å². The zero-order valence-electron chi connectivity index (χ0n) is 67.2. The number of pyridine rings is 2. The van der Waals surface area contributed by atoms with Crippen LogP contribution in [0.4, 0.5) is 32.6 Å². The number of nitrogen functional groups attached to an aromatic ring is 2. The van der Waals surface area contributed by atoms with E-state index >= 15 is 0 Å². The van der Waals surface area contributed by atoms with Crippen LogP contribution >= 0.6 is 92.6 Å². The second-order valence-electron chi connectivity index (χ2n) is 29.3. The highest BCUT2D eigenvalue weighted by Crippen LogP contribution is 2.45. The fourth-order valence-corrected chi connectivity index (χ4v) is 14.1. The number of hydrogen-bond donors (Lipinski definition) is 6. The van der Waals surface area contributed by atoms with E-state index in [0.29, 0.717) is 91.0 Å². The van der Waals surface area contributed by atoms with E-state index < -0.39 is 58.6 Å². The number of alkyl carbamates (subject to hydrolysis) is 2. The van der Waals surface area contributed by atoms with Gasteiger partial charge < -0.3 is 65.5 Å². The topological polar surface area (TPSA) is 391 Å². The van der Waals surface area contributed by atoms with Gasteiger partial charge in [-0.2, -0.15) is 10.5 Å². The van der Waals surface area contributed by atoms with Crippen LogP contribution in [0.1, 0.15) is 157 Å². The fraction of sp³-hybridized carbons (Fsp3) is 0.398. The molecule has 0 aliphatic carbocycles. The molecule has 8 N–H and O–H groups in total. The summed E-state index contributed by atoms with van der Waals surface area (Å²) in [5.41, 5.74) is 16.1. The molecule has 0 unspecified atom stereocenters. The van der Waals surface area contributed by atoms with Gasteiger partial charge in [-0.25, -0.2) is 48.8 Å². The summed E-state index contributed by atoms with van der Waals surface area (Å²) in [6.07, 6.45) is 1.17. The zero-order valence-corrected chi connectivity index (χ0v) is 73.5. The monoisotopic (exact) mass is 1770 g/mol. The minimum atomic E-state index is -1.13. The number of nitriles is 2. The van der Waals surface area contributed by atoms with Gasteiger partial charge in [0.1, 0.15) is 110 Å². The van der Waals surface area contributed by atoms with Gasteiger partial charge in [0, 0.05) is 67.4 Å². The standard InChI is InChI=1S/C41H45ClN6O7S2.C25H18ClN5O2S2.C16H29NO6.CH2Cl2/c1-40(2,3)54-32(49)11-9-8-10-31(47-39(51)55-41(4,5)6)38(50)53-21-20-52-29-18-14-25(15-19-29)33-30(22-43)37(48-35(44)34(33)45-7)57-24-28-23-56-36(46-28)26-12-16-27(42)17-13-26;1-29-22-21(15-4-8-19(9-5-15)33-11-10-32)20(12-27)25(31-23(22)28)35-14-18-13-34-24(30-18)16-2-6-17(26)7-3-16;1-15(2,3)22-12(18)10-8-7-9-11(13(19)20)17-14(21)23-16(4,5)6;2-1-3/h12-19,23,31H,8-11,20-21,24H2,1-6H3,(H2,44,48)(H,47,51);2-9,13,32H,10-11,14H2,(H2,28,31);11H,7-10H2,1-6H3,(H,17,21)(H,19,20);1H2/t31-;;11-;/m0.0./s1. The smallest absolute Gasteiger partial charge is 0.408 e. The fourth-order valence-electron chi connectivity index (χ4n) is 10.3. The number of anilines is 2. The van der Waals surface area contributed by atoms with E-state index in [-0.39, 0.29) is 104 Å². The number of halogens is 4.